The zero-order valence-electron chi connectivity index (χ0n) is 18.0. The van der Waals surface area contributed by atoms with Crippen molar-refractivity contribution in [2.24, 2.45) is 7.05 Å². The predicted octanol–water partition coefficient (Wildman–Crippen LogP) is 3.74. The average Bonchev–Trinajstić information content (AvgIpc) is 3.18. The molecule has 0 spiro atoms. The zero-order valence-corrected chi connectivity index (χ0v) is 15.0. The first-order chi connectivity index (χ1) is 13.8. The van der Waals surface area contributed by atoms with Crippen LogP contribution in [0.25, 0.3) is 28.0 Å². The third-order valence-electron chi connectivity index (χ3n) is 5.28. The van der Waals surface area contributed by atoms with Crippen molar-refractivity contribution in [1.29, 1.82) is 0 Å². The number of aromatic nitrogens is 4. The van der Waals surface area contributed by atoms with E-state index in [2.05, 4.69) is 21.7 Å². The standard InChI is InChI=1S/C22H21N4/c1-13-9-19-22(21(15(13)3)18-10-14(2)23-12-25(18)4)24-20-11-16-7-5-6-8-17(16)26(19)20/h5-10,12H,11H2,1-4H3/q+1/i1D3. The molecule has 128 valence electrons. The monoisotopic (exact) mass is 344 g/mol. The lowest BCUT2D eigenvalue weighted by Gasteiger charge is -2.12. The van der Waals surface area contributed by atoms with Crippen molar-refractivity contribution in [3.05, 3.63) is 70.9 Å². The molecule has 0 saturated carbocycles. The number of nitrogens with zero attached hydrogens (tertiary/aromatic N) is 4. The second kappa shape index (κ2) is 5.24. The zero-order chi connectivity index (χ0) is 20.5. The van der Waals surface area contributed by atoms with Crippen LogP contribution in [0.2, 0.25) is 0 Å². The number of hydrogen-bond donors (Lipinski definition) is 0. The van der Waals surface area contributed by atoms with Crippen molar-refractivity contribution in [2.45, 2.75) is 27.1 Å². The van der Waals surface area contributed by atoms with Crippen molar-refractivity contribution in [2.75, 3.05) is 0 Å². The molecule has 0 N–H and O–H groups in total. The molecule has 3 heterocycles. The molecule has 2 aromatic carbocycles. The molecule has 4 heteroatoms. The van der Waals surface area contributed by atoms with E-state index in [1.54, 1.807) is 12.4 Å². The van der Waals surface area contributed by atoms with E-state index < -0.39 is 6.85 Å². The Balaban J connectivity index is 1.94. The van der Waals surface area contributed by atoms with Crippen LogP contribution < -0.4 is 4.57 Å². The molecule has 0 unspecified atom stereocenters. The molecule has 0 saturated heterocycles. The first-order valence-corrected chi connectivity index (χ1v) is 8.72. The van der Waals surface area contributed by atoms with Crippen LogP contribution >= 0.6 is 0 Å². The van der Waals surface area contributed by atoms with Crippen LogP contribution in [0.1, 0.15) is 32.3 Å². The molecule has 0 fully saturated rings. The number of para-hydroxylation sites is 1. The normalized spacial score (nSPS) is 14.7. The Bertz CT molecular complexity index is 1300. The summed E-state index contributed by atoms with van der Waals surface area (Å²) >= 11 is 0. The van der Waals surface area contributed by atoms with Gasteiger partial charge in [0, 0.05) is 23.5 Å². The molecular formula is C22H21N4+. The minimum absolute atomic E-state index is 0.363. The molecule has 0 aliphatic carbocycles. The molecule has 0 atom stereocenters. The molecular weight excluding hydrogens is 320 g/mol. The Kier molecular flexibility index (Phi) is 2.49. The summed E-state index contributed by atoms with van der Waals surface area (Å²) in [5.41, 5.74) is 7.71. The molecule has 0 amide bonds. The largest absolute Gasteiger partial charge is 0.296 e. The molecule has 0 radical (unpaired) electrons. The van der Waals surface area contributed by atoms with Crippen LogP contribution in [0.15, 0.2) is 42.7 Å². The van der Waals surface area contributed by atoms with E-state index in [0.29, 0.717) is 5.56 Å². The summed E-state index contributed by atoms with van der Waals surface area (Å²) in [7, 11) is 1.92. The molecule has 4 nitrogen and oxygen atoms in total. The fourth-order valence-corrected chi connectivity index (χ4v) is 3.93. The lowest BCUT2D eigenvalue weighted by molar-refractivity contribution is -0.663. The van der Waals surface area contributed by atoms with Gasteiger partial charge in [-0.1, -0.05) is 23.2 Å². The molecule has 0 bridgehead atoms. The number of benzene rings is 2. The summed E-state index contributed by atoms with van der Waals surface area (Å²) in [5, 5.41) is 0. The van der Waals surface area contributed by atoms with Gasteiger partial charge in [0.05, 0.1) is 23.8 Å². The Morgan fingerprint density at radius 1 is 1.19 bits per heavy atom. The van der Waals surface area contributed by atoms with Gasteiger partial charge in [-0.2, -0.15) is 0 Å². The van der Waals surface area contributed by atoms with Crippen molar-refractivity contribution < 1.29 is 8.68 Å². The first-order valence-electron chi connectivity index (χ1n) is 10.2. The predicted molar refractivity (Wildman–Crippen MR) is 102 cm³/mol. The summed E-state index contributed by atoms with van der Waals surface area (Å²) in [4.78, 5) is 9.34. The molecule has 26 heavy (non-hydrogen) atoms. The van der Waals surface area contributed by atoms with Gasteiger partial charge in [-0.05, 0) is 42.6 Å². The highest BCUT2D eigenvalue weighted by Crippen LogP contribution is 2.37. The second-order valence-corrected chi connectivity index (χ2v) is 6.99. The van der Waals surface area contributed by atoms with Gasteiger partial charge in [0.2, 0.25) is 0 Å². The maximum Gasteiger partial charge on any atom is 0.286 e. The lowest BCUT2D eigenvalue weighted by Crippen LogP contribution is -2.32. The third kappa shape index (κ3) is 1.99. The van der Waals surface area contributed by atoms with E-state index in [9.17, 15) is 0 Å². The smallest absolute Gasteiger partial charge is 0.286 e. The summed E-state index contributed by atoms with van der Waals surface area (Å²) in [6.07, 6.45) is 2.50. The van der Waals surface area contributed by atoms with Crippen LogP contribution in [0.5, 0.6) is 0 Å². The number of fused-ring (bicyclic) bond motifs is 5. The van der Waals surface area contributed by atoms with E-state index >= 15 is 0 Å². The maximum atomic E-state index is 8.12. The lowest BCUT2D eigenvalue weighted by atomic mass is 9.98. The van der Waals surface area contributed by atoms with Gasteiger partial charge in [0.25, 0.3) is 6.33 Å². The number of imidazole rings is 1. The Labute approximate surface area is 157 Å². The minimum Gasteiger partial charge on any atom is -0.296 e. The summed E-state index contributed by atoms with van der Waals surface area (Å²) in [5.74, 6) is 0.943. The maximum absolute atomic E-state index is 8.12. The van der Waals surface area contributed by atoms with Gasteiger partial charge < -0.3 is 0 Å². The fraction of sp³-hybridized carbons (Fsp3) is 0.227. The van der Waals surface area contributed by atoms with Gasteiger partial charge >= 0.3 is 0 Å². The quantitative estimate of drug-likeness (QED) is 0.434. The Hall–Kier alpha value is -3.01. The van der Waals surface area contributed by atoms with E-state index in [0.717, 1.165) is 51.5 Å². The number of rotatable bonds is 1. The Morgan fingerprint density at radius 2 is 2.04 bits per heavy atom. The van der Waals surface area contributed by atoms with Crippen molar-refractivity contribution in [3.63, 3.8) is 0 Å². The molecule has 5 rings (SSSR count). The molecule has 1 aliphatic heterocycles. The molecule has 2 aromatic heterocycles. The van der Waals surface area contributed by atoms with Crippen molar-refractivity contribution in [1.82, 2.24) is 14.5 Å². The van der Waals surface area contributed by atoms with Gasteiger partial charge in [-0.15, -0.1) is 0 Å². The van der Waals surface area contributed by atoms with Crippen LogP contribution in [0.3, 0.4) is 0 Å². The van der Waals surface area contributed by atoms with Gasteiger partial charge in [0.1, 0.15) is 17.0 Å². The van der Waals surface area contributed by atoms with Gasteiger partial charge in [0.15, 0.2) is 5.69 Å². The second-order valence-electron chi connectivity index (χ2n) is 6.99. The van der Waals surface area contributed by atoms with E-state index in [1.807, 2.05) is 43.7 Å². The topological polar surface area (TPSA) is 34.6 Å². The first kappa shape index (κ1) is 12.4. The highest BCUT2D eigenvalue weighted by molar-refractivity contribution is 5.95. The average molecular weight is 344 g/mol. The fourth-order valence-electron chi connectivity index (χ4n) is 3.93. The van der Waals surface area contributed by atoms with Crippen molar-refractivity contribution >= 4 is 11.0 Å². The summed E-state index contributed by atoms with van der Waals surface area (Å²) in [6.45, 7) is 1.61. The minimum atomic E-state index is -2.21. The SMILES string of the molecule is [2H]C([2H])([2H])c1cc2c(nc3n2-c2ccccc2C3)c(-c2cc(C)nc[n+]2C)c1C. The third-order valence-corrected chi connectivity index (χ3v) is 5.28. The highest BCUT2D eigenvalue weighted by Gasteiger charge is 2.26. The van der Waals surface area contributed by atoms with E-state index in [4.69, 9.17) is 9.10 Å². The molecule has 4 aromatic rings. The van der Waals surface area contributed by atoms with Gasteiger partial charge in [-0.3, -0.25) is 4.57 Å². The highest BCUT2D eigenvalue weighted by atomic mass is 15.1. The van der Waals surface area contributed by atoms with Crippen LogP contribution in [0, 0.1) is 20.7 Å². The Morgan fingerprint density at radius 3 is 2.88 bits per heavy atom. The van der Waals surface area contributed by atoms with Gasteiger partial charge in [-0.25, -0.2) is 9.55 Å². The van der Waals surface area contributed by atoms with Crippen LogP contribution in [-0.2, 0) is 13.5 Å². The molecule has 1 aliphatic rings. The number of aryl methyl sites for hydroxylation is 3. The van der Waals surface area contributed by atoms with Crippen LogP contribution in [-0.4, -0.2) is 14.5 Å². The van der Waals surface area contributed by atoms with Crippen LogP contribution in [0.4, 0.5) is 0 Å². The summed E-state index contributed by atoms with van der Waals surface area (Å²) < 4.78 is 28.4. The van der Waals surface area contributed by atoms with E-state index in [-0.39, 0.29) is 0 Å². The van der Waals surface area contributed by atoms with E-state index in [1.165, 1.54) is 5.56 Å². The van der Waals surface area contributed by atoms with Crippen molar-refractivity contribution in [3.8, 4) is 16.9 Å². The number of hydrogen-bond acceptors (Lipinski definition) is 2. The summed E-state index contributed by atoms with van der Waals surface area (Å²) in [6, 6.07) is 12.0.